The van der Waals surface area contributed by atoms with Gasteiger partial charge in [-0.1, -0.05) is 57.4 Å². The number of hydrogen-bond acceptors (Lipinski definition) is 1. The normalized spacial score (nSPS) is 16.9. The van der Waals surface area contributed by atoms with Gasteiger partial charge in [-0.05, 0) is 73.0 Å². The highest BCUT2D eigenvalue weighted by molar-refractivity contribution is 6.38. The molecule has 1 aliphatic rings. The van der Waals surface area contributed by atoms with Gasteiger partial charge in [0, 0.05) is 18.1 Å². The Morgan fingerprint density at radius 2 is 1.93 bits per heavy atom. The van der Waals surface area contributed by atoms with Gasteiger partial charge in [0.25, 0.3) is 0 Å². The molecule has 0 saturated carbocycles. The van der Waals surface area contributed by atoms with Crippen LogP contribution in [0, 0.1) is 5.92 Å². The van der Waals surface area contributed by atoms with Crippen LogP contribution in [0.2, 0.25) is 0 Å². The Hall–Kier alpha value is -1.91. The lowest BCUT2D eigenvalue weighted by atomic mass is 9.57. The summed E-state index contributed by atoms with van der Waals surface area (Å²) in [6.45, 7) is 16.8. The number of fused-ring (bicyclic) bond motifs is 1. The first-order chi connectivity index (χ1) is 14.1. The third kappa shape index (κ3) is 7.41. The molecule has 1 aromatic carbocycles. The molecule has 0 bridgehead atoms. The Kier molecular flexibility index (Phi) is 8.87. The van der Waals surface area contributed by atoms with E-state index in [1.54, 1.807) is 0 Å². The van der Waals surface area contributed by atoms with Crippen molar-refractivity contribution in [2.24, 2.45) is 5.92 Å². The number of allylic oxidation sites excluding steroid dienone is 3. The molecule has 1 nitrogen and oxygen atoms in total. The van der Waals surface area contributed by atoms with Crippen LogP contribution in [0.4, 0.5) is 13.2 Å². The van der Waals surface area contributed by atoms with Crippen LogP contribution < -0.4 is 5.32 Å². The Bertz CT molecular complexity index is 766. The van der Waals surface area contributed by atoms with Crippen molar-refractivity contribution in [3.63, 3.8) is 0 Å². The maximum Gasteiger partial charge on any atom is 0.389 e. The fourth-order valence-electron chi connectivity index (χ4n) is 4.11. The molecule has 2 unspecified atom stereocenters. The molecule has 0 saturated heterocycles. The number of alkyl halides is 3. The number of benzene rings is 1. The molecule has 0 radical (unpaired) electrons. The van der Waals surface area contributed by atoms with Gasteiger partial charge in [0.15, 0.2) is 7.28 Å². The largest absolute Gasteiger partial charge is 0.393 e. The van der Waals surface area contributed by atoms with Crippen LogP contribution in [0.3, 0.4) is 0 Å². The zero-order chi connectivity index (χ0) is 22.3. The molecule has 30 heavy (non-hydrogen) atoms. The number of halogens is 3. The van der Waals surface area contributed by atoms with Gasteiger partial charge in [-0.2, -0.15) is 13.2 Å². The average Bonchev–Trinajstić information content (AvgIpc) is 2.70. The van der Waals surface area contributed by atoms with E-state index in [2.05, 4.69) is 57.1 Å². The first-order valence-electron chi connectivity index (χ1n) is 11.1. The minimum Gasteiger partial charge on any atom is -0.393 e. The summed E-state index contributed by atoms with van der Waals surface area (Å²) in [5.74, 6) is 0.707. The average molecular weight is 417 g/mol. The number of rotatable bonds is 11. The monoisotopic (exact) mass is 417 g/mol. The van der Waals surface area contributed by atoms with E-state index in [9.17, 15) is 13.2 Å². The van der Waals surface area contributed by atoms with Crippen molar-refractivity contribution in [3.05, 3.63) is 65.9 Å². The van der Waals surface area contributed by atoms with Gasteiger partial charge in [-0.25, -0.2) is 0 Å². The second-order valence-corrected chi connectivity index (χ2v) is 8.67. The quantitative estimate of drug-likeness (QED) is 0.311. The minimum absolute atomic E-state index is 0.0638. The van der Waals surface area contributed by atoms with Crippen molar-refractivity contribution in [1.29, 1.82) is 0 Å². The van der Waals surface area contributed by atoms with Gasteiger partial charge in [-0.15, -0.1) is 0 Å². The van der Waals surface area contributed by atoms with Crippen LogP contribution in [0.5, 0.6) is 0 Å². The molecule has 5 heteroatoms. The Morgan fingerprint density at radius 3 is 2.60 bits per heavy atom. The Balaban J connectivity index is 1.92. The highest BCUT2D eigenvalue weighted by Gasteiger charge is 2.28. The van der Waals surface area contributed by atoms with Crippen molar-refractivity contribution >= 4 is 12.9 Å². The molecule has 1 aromatic rings. The molecule has 1 heterocycles. The van der Waals surface area contributed by atoms with E-state index < -0.39 is 12.6 Å². The van der Waals surface area contributed by atoms with Crippen LogP contribution in [0.15, 0.2) is 49.2 Å². The summed E-state index contributed by atoms with van der Waals surface area (Å²) in [6, 6.07) is 6.35. The second-order valence-electron chi connectivity index (χ2n) is 8.67. The standard InChI is InChI=1S/C25H35BF3N/c1-6-17(2)18(3)9-7-10-19(4)22-12-8-11-21-15-24(26-16-23(21)22)30-20(5)13-14-25(27,28)29/h8,11-12,17,24,26,30H,3-7,9-10,13-16H2,1-2H3. The molecule has 2 atom stereocenters. The molecular formula is C25H35BF3N. The van der Waals surface area contributed by atoms with E-state index in [-0.39, 0.29) is 12.4 Å². The summed E-state index contributed by atoms with van der Waals surface area (Å²) in [4.78, 5) is 0. The van der Waals surface area contributed by atoms with E-state index in [1.807, 2.05) is 0 Å². The van der Waals surface area contributed by atoms with E-state index in [0.717, 1.165) is 45.7 Å². The number of nitrogens with one attached hydrogen (secondary N) is 1. The minimum atomic E-state index is -4.14. The third-order valence-corrected chi connectivity index (χ3v) is 6.27. The summed E-state index contributed by atoms with van der Waals surface area (Å²) >= 11 is 0. The Morgan fingerprint density at radius 1 is 1.20 bits per heavy atom. The predicted octanol–water partition coefficient (Wildman–Crippen LogP) is 6.74. The van der Waals surface area contributed by atoms with Gasteiger partial charge in [0.1, 0.15) is 0 Å². The van der Waals surface area contributed by atoms with Gasteiger partial charge in [-0.3, -0.25) is 0 Å². The molecule has 1 aliphatic heterocycles. The SMILES string of the molecule is C=C(CCC(F)(F)F)NC1BCc2c(cccc2C(=C)CCCC(=C)C(C)CC)C1. The summed E-state index contributed by atoms with van der Waals surface area (Å²) < 4.78 is 37.3. The fourth-order valence-corrected chi connectivity index (χ4v) is 4.11. The molecule has 0 spiro atoms. The zero-order valence-electron chi connectivity index (χ0n) is 18.5. The van der Waals surface area contributed by atoms with Crippen LogP contribution in [0.1, 0.15) is 69.1 Å². The van der Waals surface area contributed by atoms with Crippen molar-refractivity contribution < 1.29 is 13.2 Å². The predicted molar refractivity (Wildman–Crippen MR) is 124 cm³/mol. The summed E-state index contributed by atoms with van der Waals surface area (Å²) in [6.07, 6.45) is 0.886. The molecule has 1 N–H and O–H groups in total. The molecule has 0 fully saturated rings. The second kappa shape index (κ2) is 10.9. The molecule has 164 valence electrons. The Labute approximate surface area is 180 Å². The maximum absolute atomic E-state index is 12.4. The molecule has 0 amide bonds. The van der Waals surface area contributed by atoms with E-state index >= 15 is 0 Å². The molecule has 0 aromatic heterocycles. The van der Waals surface area contributed by atoms with Crippen LogP contribution >= 0.6 is 0 Å². The van der Waals surface area contributed by atoms with Gasteiger partial charge in [0.05, 0.1) is 0 Å². The van der Waals surface area contributed by atoms with Gasteiger partial charge in [0.2, 0.25) is 0 Å². The van der Waals surface area contributed by atoms with Gasteiger partial charge < -0.3 is 5.32 Å². The molecule has 0 aliphatic carbocycles. The molecular weight excluding hydrogens is 382 g/mol. The lowest BCUT2D eigenvalue weighted by molar-refractivity contribution is -0.134. The zero-order valence-corrected chi connectivity index (χ0v) is 18.5. The lowest BCUT2D eigenvalue weighted by Gasteiger charge is -2.28. The maximum atomic E-state index is 12.4. The van der Waals surface area contributed by atoms with Crippen molar-refractivity contribution in [3.8, 4) is 0 Å². The van der Waals surface area contributed by atoms with Crippen LogP contribution in [-0.4, -0.2) is 19.4 Å². The highest BCUT2D eigenvalue weighted by atomic mass is 19.4. The van der Waals surface area contributed by atoms with Crippen molar-refractivity contribution in [2.45, 2.75) is 77.2 Å². The topological polar surface area (TPSA) is 12.0 Å². The van der Waals surface area contributed by atoms with Gasteiger partial charge >= 0.3 is 6.18 Å². The van der Waals surface area contributed by atoms with E-state index in [0.29, 0.717) is 11.6 Å². The lowest BCUT2D eigenvalue weighted by Crippen LogP contribution is -2.40. The number of hydrogen-bond donors (Lipinski definition) is 1. The first-order valence-corrected chi connectivity index (χ1v) is 11.1. The highest BCUT2D eigenvalue weighted by Crippen LogP contribution is 2.30. The summed E-state index contributed by atoms with van der Waals surface area (Å²) in [5, 5.41) is 3.22. The van der Waals surface area contributed by atoms with E-state index in [4.69, 9.17) is 0 Å². The third-order valence-electron chi connectivity index (χ3n) is 6.27. The molecule has 2 rings (SSSR count). The summed E-state index contributed by atoms with van der Waals surface area (Å²) in [7, 11) is 0.896. The smallest absolute Gasteiger partial charge is 0.389 e. The summed E-state index contributed by atoms with van der Waals surface area (Å²) in [5.41, 5.74) is 6.83. The first kappa shape index (κ1) is 24.4. The fraction of sp³-hybridized carbons (Fsp3) is 0.520. The van der Waals surface area contributed by atoms with Crippen LogP contribution in [0.25, 0.3) is 5.57 Å². The van der Waals surface area contributed by atoms with E-state index in [1.165, 1.54) is 27.8 Å². The van der Waals surface area contributed by atoms with Crippen molar-refractivity contribution in [1.82, 2.24) is 5.32 Å². The van der Waals surface area contributed by atoms with Crippen molar-refractivity contribution in [2.75, 3.05) is 0 Å². The van der Waals surface area contributed by atoms with Crippen LogP contribution in [-0.2, 0) is 12.7 Å².